The van der Waals surface area contributed by atoms with Crippen LogP contribution in [-0.4, -0.2) is 43.0 Å². The van der Waals surface area contributed by atoms with Gasteiger partial charge in [0.2, 0.25) is 0 Å². The largest absolute Gasteiger partial charge is 0.396 e. The van der Waals surface area contributed by atoms with Crippen molar-refractivity contribution in [1.82, 2.24) is 9.29 Å². The summed E-state index contributed by atoms with van der Waals surface area (Å²) in [4.78, 5) is 3.88. The number of pyridine rings is 1. The van der Waals surface area contributed by atoms with Crippen molar-refractivity contribution in [3.63, 3.8) is 0 Å². The average Bonchev–Trinajstić information content (AvgIpc) is 2.28. The van der Waals surface area contributed by atoms with Gasteiger partial charge in [-0.05, 0) is 26.0 Å². The van der Waals surface area contributed by atoms with Crippen LogP contribution in [0.15, 0.2) is 23.4 Å². The van der Waals surface area contributed by atoms with Crippen molar-refractivity contribution < 1.29 is 13.2 Å². The maximum absolute atomic E-state index is 12.4. The minimum atomic E-state index is -3.64. The van der Waals surface area contributed by atoms with E-state index < -0.39 is 10.0 Å². The molecule has 2 rings (SSSR count). The maximum Gasteiger partial charge on any atom is 0.262 e. The van der Waals surface area contributed by atoms with E-state index in [9.17, 15) is 8.42 Å². The van der Waals surface area contributed by atoms with Gasteiger partial charge >= 0.3 is 0 Å². The second kappa shape index (κ2) is 4.83. The van der Waals surface area contributed by atoms with Gasteiger partial charge in [-0.2, -0.15) is 4.31 Å². The fraction of sp³-hybridized carbons (Fsp3) is 0.545. The highest BCUT2D eigenvalue weighted by Gasteiger charge is 2.33. The highest BCUT2D eigenvalue weighted by atomic mass is 32.2. The minimum Gasteiger partial charge on any atom is -0.396 e. The van der Waals surface area contributed by atoms with Gasteiger partial charge in [-0.25, -0.2) is 13.4 Å². The highest BCUT2D eigenvalue weighted by molar-refractivity contribution is 7.89. The van der Waals surface area contributed by atoms with Crippen LogP contribution >= 0.6 is 0 Å². The van der Waals surface area contributed by atoms with E-state index in [-0.39, 0.29) is 22.9 Å². The molecule has 1 aliphatic rings. The van der Waals surface area contributed by atoms with E-state index in [2.05, 4.69) is 4.98 Å². The molecule has 1 saturated heterocycles. The summed E-state index contributed by atoms with van der Waals surface area (Å²) in [6.45, 7) is 4.34. The van der Waals surface area contributed by atoms with Crippen LogP contribution in [0, 0.1) is 0 Å². The molecule has 18 heavy (non-hydrogen) atoms. The van der Waals surface area contributed by atoms with E-state index in [1.54, 1.807) is 6.07 Å². The Balaban J connectivity index is 2.34. The second-order valence-electron chi connectivity index (χ2n) is 4.48. The summed E-state index contributed by atoms with van der Waals surface area (Å²) in [6, 6.07) is 3.14. The Hall–Kier alpha value is -1.18. The number of nitrogens with zero attached hydrogens (tertiary/aromatic N) is 2. The Kier molecular flexibility index (Phi) is 3.56. The monoisotopic (exact) mass is 271 g/mol. The molecule has 0 unspecified atom stereocenters. The van der Waals surface area contributed by atoms with E-state index in [0.717, 1.165) is 0 Å². The van der Waals surface area contributed by atoms with Crippen LogP contribution in [0.25, 0.3) is 0 Å². The van der Waals surface area contributed by atoms with Gasteiger partial charge < -0.3 is 10.5 Å². The third-order valence-electron chi connectivity index (χ3n) is 2.77. The lowest BCUT2D eigenvalue weighted by Gasteiger charge is -2.34. The van der Waals surface area contributed by atoms with Crippen molar-refractivity contribution in [2.45, 2.75) is 31.1 Å². The molecule has 0 aliphatic carbocycles. The molecule has 2 N–H and O–H groups in total. The van der Waals surface area contributed by atoms with Crippen molar-refractivity contribution in [1.29, 1.82) is 0 Å². The molecule has 1 aliphatic heterocycles. The number of ether oxygens (including phenoxy) is 1. The standard InChI is InChI=1S/C11H17N3O3S/c1-8-6-14(7-9(2)17-8)18(15,16)11-10(12)4-3-5-13-11/h3-5,8-9H,6-7,12H2,1-2H3/t8-,9+. The van der Waals surface area contributed by atoms with E-state index in [1.165, 1.54) is 16.6 Å². The Morgan fingerprint density at radius 3 is 2.56 bits per heavy atom. The van der Waals surface area contributed by atoms with E-state index >= 15 is 0 Å². The number of hydrogen-bond donors (Lipinski definition) is 1. The first-order valence-electron chi connectivity index (χ1n) is 5.77. The number of rotatable bonds is 2. The molecule has 0 amide bonds. The summed E-state index contributed by atoms with van der Waals surface area (Å²) >= 11 is 0. The first-order valence-corrected chi connectivity index (χ1v) is 7.21. The first kappa shape index (κ1) is 13.3. The fourth-order valence-corrected chi connectivity index (χ4v) is 3.68. The number of nitrogen functional groups attached to an aromatic ring is 1. The molecule has 0 radical (unpaired) electrons. The lowest BCUT2D eigenvalue weighted by molar-refractivity contribution is -0.0441. The predicted octanol–water partition coefficient (Wildman–Crippen LogP) is 0.462. The molecule has 7 heteroatoms. The summed E-state index contributed by atoms with van der Waals surface area (Å²) in [5.74, 6) is 0. The van der Waals surface area contributed by atoms with E-state index in [0.29, 0.717) is 13.1 Å². The number of hydrogen-bond acceptors (Lipinski definition) is 5. The van der Waals surface area contributed by atoms with Crippen LogP contribution in [0.2, 0.25) is 0 Å². The molecule has 100 valence electrons. The summed E-state index contributed by atoms with van der Waals surface area (Å²) in [5, 5.41) is -0.0775. The van der Waals surface area contributed by atoms with Crippen LogP contribution in [0.3, 0.4) is 0 Å². The minimum absolute atomic E-state index is 0.0775. The zero-order valence-corrected chi connectivity index (χ0v) is 11.2. The summed E-state index contributed by atoms with van der Waals surface area (Å²) in [6.07, 6.45) is 1.17. The number of nitrogens with two attached hydrogens (primary N) is 1. The maximum atomic E-state index is 12.4. The number of aromatic nitrogens is 1. The molecule has 1 aromatic heterocycles. The molecule has 0 spiro atoms. The summed E-state index contributed by atoms with van der Waals surface area (Å²) in [7, 11) is -3.64. The average molecular weight is 271 g/mol. The molecule has 0 bridgehead atoms. The van der Waals surface area contributed by atoms with Gasteiger partial charge in [0, 0.05) is 19.3 Å². The first-order chi connectivity index (χ1) is 8.41. The normalized spacial score (nSPS) is 26.1. The number of sulfonamides is 1. The van der Waals surface area contributed by atoms with E-state index in [1.807, 2.05) is 13.8 Å². The lowest BCUT2D eigenvalue weighted by Crippen LogP contribution is -2.48. The number of morpholine rings is 1. The number of anilines is 1. The quantitative estimate of drug-likeness (QED) is 0.844. The fourth-order valence-electron chi connectivity index (χ4n) is 2.07. The Bertz CT molecular complexity index is 522. The molecule has 1 fully saturated rings. The Morgan fingerprint density at radius 1 is 1.39 bits per heavy atom. The van der Waals surface area contributed by atoms with Gasteiger partial charge in [-0.15, -0.1) is 0 Å². The zero-order chi connectivity index (χ0) is 13.3. The molecule has 2 atom stereocenters. The van der Waals surface area contributed by atoms with Gasteiger partial charge in [0.05, 0.1) is 17.9 Å². The van der Waals surface area contributed by atoms with Crippen LogP contribution in [0.5, 0.6) is 0 Å². The molecule has 0 aromatic carbocycles. The van der Waals surface area contributed by atoms with Gasteiger partial charge in [-0.3, -0.25) is 0 Å². The summed E-state index contributed by atoms with van der Waals surface area (Å²) < 4.78 is 31.8. The molecular weight excluding hydrogens is 254 g/mol. The Labute approximate surface area is 107 Å². The van der Waals surface area contributed by atoms with Crippen molar-refractivity contribution in [2.24, 2.45) is 0 Å². The van der Waals surface area contributed by atoms with Gasteiger partial charge in [0.25, 0.3) is 10.0 Å². The van der Waals surface area contributed by atoms with Crippen LogP contribution < -0.4 is 5.73 Å². The van der Waals surface area contributed by atoms with Gasteiger partial charge in [-0.1, -0.05) is 0 Å². The smallest absolute Gasteiger partial charge is 0.262 e. The molecule has 2 heterocycles. The highest BCUT2D eigenvalue weighted by Crippen LogP contribution is 2.23. The molecule has 6 nitrogen and oxygen atoms in total. The summed E-state index contributed by atoms with van der Waals surface area (Å²) in [5.41, 5.74) is 5.85. The van der Waals surface area contributed by atoms with Gasteiger partial charge in [0.15, 0.2) is 5.03 Å². The van der Waals surface area contributed by atoms with Crippen LogP contribution in [-0.2, 0) is 14.8 Å². The van der Waals surface area contributed by atoms with Crippen molar-refractivity contribution in [3.8, 4) is 0 Å². The third-order valence-corrected chi connectivity index (χ3v) is 4.58. The molecule has 0 saturated carbocycles. The lowest BCUT2D eigenvalue weighted by atomic mass is 10.3. The zero-order valence-electron chi connectivity index (χ0n) is 10.4. The van der Waals surface area contributed by atoms with Crippen molar-refractivity contribution >= 4 is 15.7 Å². The Morgan fingerprint density at radius 2 is 2.00 bits per heavy atom. The van der Waals surface area contributed by atoms with Crippen LogP contribution in [0.4, 0.5) is 5.69 Å². The van der Waals surface area contributed by atoms with Gasteiger partial charge in [0.1, 0.15) is 0 Å². The second-order valence-corrected chi connectivity index (χ2v) is 6.33. The topological polar surface area (TPSA) is 85.5 Å². The SMILES string of the molecule is C[C@@H]1CN(S(=O)(=O)c2ncccc2N)C[C@H](C)O1. The molecule has 1 aromatic rings. The van der Waals surface area contributed by atoms with Crippen molar-refractivity contribution in [2.75, 3.05) is 18.8 Å². The molecular formula is C11H17N3O3S. The van der Waals surface area contributed by atoms with E-state index in [4.69, 9.17) is 10.5 Å². The predicted molar refractivity (Wildman–Crippen MR) is 67.4 cm³/mol. The van der Waals surface area contributed by atoms with Crippen molar-refractivity contribution in [3.05, 3.63) is 18.3 Å². The third kappa shape index (κ3) is 2.47. The van der Waals surface area contributed by atoms with Crippen LogP contribution in [0.1, 0.15) is 13.8 Å².